The summed E-state index contributed by atoms with van der Waals surface area (Å²) < 4.78 is 4.74. The Morgan fingerprint density at radius 1 is 0.947 bits per heavy atom. The van der Waals surface area contributed by atoms with E-state index in [0.717, 1.165) is 11.5 Å². The molecule has 0 aliphatic rings. The summed E-state index contributed by atoms with van der Waals surface area (Å²) >= 11 is 1.81. The van der Waals surface area contributed by atoms with E-state index in [9.17, 15) is 9.59 Å². The molecule has 0 unspecified atom stereocenters. The van der Waals surface area contributed by atoms with Crippen LogP contribution in [0.15, 0.2) is 0 Å². The number of hydrogen-bond acceptors (Lipinski definition) is 4. The lowest BCUT2D eigenvalue weighted by molar-refractivity contribution is -0.145. The van der Waals surface area contributed by atoms with Crippen molar-refractivity contribution in [1.29, 1.82) is 0 Å². The number of Topliss-reactive ketones (excluding diaryl/α,β-unsaturated/α-hetero) is 1. The molecule has 0 aliphatic carbocycles. The van der Waals surface area contributed by atoms with Crippen molar-refractivity contribution in [3.05, 3.63) is 0 Å². The van der Waals surface area contributed by atoms with Gasteiger partial charge in [0.1, 0.15) is 12.2 Å². The normalized spacial score (nSPS) is 10.4. The van der Waals surface area contributed by atoms with Crippen molar-refractivity contribution < 1.29 is 14.3 Å². The maximum atomic E-state index is 11.4. The van der Waals surface area contributed by atoms with Crippen molar-refractivity contribution >= 4 is 23.5 Å². The number of esters is 1. The van der Waals surface area contributed by atoms with E-state index in [1.807, 2.05) is 11.8 Å². The lowest BCUT2D eigenvalue weighted by Gasteiger charge is -2.03. The minimum atomic E-state index is -0.395. The molecule has 3 nitrogen and oxygen atoms in total. The second-order valence-electron chi connectivity index (χ2n) is 4.65. The van der Waals surface area contributed by atoms with Gasteiger partial charge in [0, 0.05) is 12.2 Å². The van der Waals surface area contributed by atoms with Gasteiger partial charge in [0.05, 0.1) is 6.61 Å². The summed E-state index contributed by atoms with van der Waals surface area (Å²) in [5.74, 6) is 1.55. The number of carbonyl (C=O) groups excluding carboxylic acids is 2. The van der Waals surface area contributed by atoms with E-state index in [0.29, 0.717) is 13.0 Å². The molecule has 0 rings (SSSR count). The van der Waals surface area contributed by atoms with E-state index in [1.165, 1.54) is 38.5 Å². The number of unbranched alkanes of at least 4 members (excludes halogenated alkanes) is 5. The Labute approximate surface area is 121 Å². The van der Waals surface area contributed by atoms with E-state index < -0.39 is 5.97 Å². The Balaban J connectivity index is 3.25. The summed E-state index contributed by atoms with van der Waals surface area (Å²) in [7, 11) is 0. The predicted molar refractivity (Wildman–Crippen MR) is 81.6 cm³/mol. The van der Waals surface area contributed by atoms with Crippen LogP contribution in [-0.2, 0) is 14.3 Å². The topological polar surface area (TPSA) is 43.4 Å². The van der Waals surface area contributed by atoms with Gasteiger partial charge < -0.3 is 4.74 Å². The van der Waals surface area contributed by atoms with Gasteiger partial charge in [-0.25, -0.2) is 0 Å². The van der Waals surface area contributed by atoms with Crippen LogP contribution in [0.5, 0.6) is 0 Å². The van der Waals surface area contributed by atoms with Gasteiger partial charge in [0.25, 0.3) is 0 Å². The number of hydrogen-bond donors (Lipinski definition) is 0. The van der Waals surface area contributed by atoms with Crippen molar-refractivity contribution in [3.63, 3.8) is 0 Å². The van der Waals surface area contributed by atoms with Crippen LogP contribution in [0.3, 0.4) is 0 Å². The maximum absolute atomic E-state index is 11.4. The highest BCUT2D eigenvalue weighted by Gasteiger charge is 2.09. The van der Waals surface area contributed by atoms with Gasteiger partial charge in [0.15, 0.2) is 0 Å². The van der Waals surface area contributed by atoms with Crippen molar-refractivity contribution in [2.75, 3.05) is 18.1 Å². The third-order valence-corrected chi connectivity index (χ3v) is 3.88. The molecule has 0 aromatic carbocycles. The molecule has 19 heavy (non-hydrogen) atoms. The number of ether oxygens (including phenoxy) is 1. The Morgan fingerprint density at radius 3 is 2.32 bits per heavy atom. The molecule has 0 amide bonds. The van der Waals surface area contributed by atoms with Crippen LogP contribution in [0.1, 0.15) is 65.2 Å². The predicted octanol–water partition coefficient (Wildman–Crippen LogP) is 3.99. The molecule has 0 saturated heterocycles. The van der Waals surface area contributed by atoms with Crippen molar-refractivity contribution in [3.8, 4) is 0 Å². The minimum Gasteiger partial charge on any atom is -0.466 e. The van der Waals surface area contributed by atoms with Crippen LogP contribution in [0.4, 0.5) is 0 Å². The van der Waals surface area contributed by atoms with E-state index in [1.54, 1.807) is 6.92 Å². The monoisotopic (exact) mass is 288 g/mol. The Kier molecular flexibility index (Phi) is 13.5. The molecule has 0 saturated carbocycles. The summed E-state index contributed by atoms with van der Waals surface area (Å²) in [4.78, 5) is 22.5. The zero-order chi connectivity index (χ0) is 14.3. The van der Waals surface area contributed by atoms with Gasteiger partial charge >= 0.3 is 5.97 Å². The highest BCUT2D eigenvalue weighted by atomic mass is 32.2. The summed E-state index contributed by atoms with van der Waals surface area (Å²) in [6, 6.07) is 0. The summed E-state index contributed by atoms with van der Waals surface area (Å²) in [5, 5.41) is 0. The molecule has 0 fully saturated rings. The van der Waals surface area contributed by atoms with Crippen molar-refractivity contribution in [2.24, 2.45) is 0 Å². The smallest absolute Gasteiger partial charge is 0.313 e. The molecule has 0 N–H and O–H groups in total. The Hall–Kier alpha value is -0.510. The molecule has 0 radical (unpaired) electrons. The van der Waals surface area contributed by atoms with Crippen LogP contribution < -0.4 is 0 Å². The van der Waals surface area contributed by atoms with Crippen LogP contribution >= 0.6 is 11.8 Å². The Morgan fingerprint density at radius 2 is 1.63 bits per heavy atom. The van der Waals surface area contributed by atoms with Crippen LogP contribution in [-0.4, -0.2) is 29.9 Å². The van der Waals surface area contributed by atoms with Gasteiger partial charge in [0.2, 0.25) is 0 Å². The fraction of sp³-hybridized carbons (Fsp3) is 0.867. The van der Waals surface area contributed by atoms with Gasteiger partial charge in [-0.1, -0.05) is 39.0 Å². The van der Waals surface area contributed by atoms with Gasteiger partial charge in [-0.15, -0.1) is 0 Å². The van der Waals surface area contributed by atoms with Crippen molar-refractivity contribution in [2.45, 2.75) is 65.2 Å². The number of thioether (sulfide) groups is 1. The molecule has 112 valence electrons. The summed E-state index contributed by atoms with van der Waals surface area (Å²) in [5.41, 5.74) is 0. The Bertz CT molecular complexity index is 242. The average Bonchev–Trinajstić information content (AvgIpc) is 2.37. The fourth-order valence-electron chi connectivity index (χ4n) is 1.73. The third-order valence-electron chi connectivity index (χ3n) is 2.81. The summed E-state index contributed by atoms with van der Waals surface area (Å²) in [6.07, 6.45) is 8.26. The minimum absolute atomic E-state index is 0.00565. The SMILES string of the molecule is CCCCCCCCSCCC(=O)CC(=O)OCC. The highest BCUT2D eigenvalue weighted by molar-refractivity contribution is 7.99. The highest BCUT2D eigenvalue weighted by Crippen LogP contribution is 2.11. The first-order valence-corrected chi connectivity index (χ1v) is 8.61. The maximum Gasteiger partial charge on any atom is 0.313 e. The first-order valence-electron chi connectivity index (χ1n) is 7.45. The molecule has 0 aromatic heterocycles. The number of rotatable bonds is 13. The summed E-state index contributed by atoms with van der Waals surface area (Å²) in [6.45, 7) is 4.32. The number of ketones is 1. The van der Waals surface area contributed by atoms with Crippen molar-refractivity contribution in [1.82, 2.24) is 0 Å². The zero-order valence-electron chi connectivity index (χ0n) is 12.4. The van der Waals surface area contributed by atoms with E-state index in [2.05, 4.69) is 6.92 Å². The quantitative estimate of drug-likeness (QED) is 0.292. The molecule has 0 spiro atoms. The molecule has 0 heterocycles. The molecule has 4 heteroatoms. The zero-order valence-corrected chi connectivity index (χ0v) is 13.2. The molecular weight excluding hydrogens is 260 g/mol. The first-order chi connectivity index (χ1) is 9.20. The van der Waals surface area contributed by atoms with Gasteiger partial charge in [-0.2, -0.15) is 11.8 Å². The second kappa shape index (κ2) is 13.9. The number of carbonyl (C=O) groups is 2. The molecule has 0 atom stereocenters. The van der Waals surface area contributed by atoms with E-state index in [-0.39, 0.29) is 12.2 Å². The van der Waals surface area contributed by atoms with Gasteiger partial charge in [-0.05, 0) is 19.1 Å². The lowest BCUT2D eigenvalue weighted by atomic mass is 10.1. The van der Waals surface area contributed by atoms with Crippen LogP contribution in [0.2, 0.25) is 0 Å². The second-order valence-corrected chi connectivity index (χ2v) is 5.88. The third kappa shape index (κ3) is 13.7. The standard InChI is InChI=1S/C15H28O3S/c1-3-5-6-7-8-9-11-19-12-10-14(16)13-15(17)18-4-2/h3-13H2,1-2H3. The molecule has 0 aliphatic heterocycles. The fourth-order valence-corrected chi connectivity index (χ4v) is 2.72. The van der Waals surface area contributed by atoms with E-state index in [4.69, 9.17) is 4.74 Å². The van der Waals surface area contributed by atoms with Crippen LogP contribution in [0, 0.1) is 0 Å². The van der Waals surface area contributed by atoms with E-state index >= 15 is 0 Å². The van der Waals surface area contributed by atoms with Gasteiger partial charge in [-0.3, -0.25) is 9.59 Å². The molecule has 0 bridgehead atoms. The van der Waals surface area contributed by atoms with Crippen LogP contribution in [0.25, 0.3) is 0 Å². The molecular formula is C15H28O3S. The average molecular weight is 288 g/mol. The lowest BCUT2D eigenvalue weighted by Crippen LogP contribution is -2.11. The largest absolute Gasteiger partial charge is 0.466 e. The first kappa shape index (κ1) is 18.5. The molecule has 0 aromatic rings.